The van der Waals surface area contributed by atoms with Crippen LogP contribution in [0.4, 0.5) is 10.2 Å². The van der Waals surface area contributed by atoms with Crippen LogP contribution in [0, 0.1) is 5.82 Å². The van der Waals surface area contributed by atoms with Crippen molar-refractivity contribution in [2.45, 2.75) is 18.9 Å². The summed E-state index contributed by atoms with van der Waals surface area (Å²) in [5.74, 6) is 0.934. The molecule has 0 spiro atoms. The Labute approximate surface area is 138 Å². The molecule has 6 heteroatoms. The van der Waals surface area contributed by atoms with Gasteiger partial charge in [0.05, 0.1) is 17.7 Å². The van der Waals surface area contributed by atoms with Crippen molar-refractivity contribution in [2.75, 3.05) is 18.5 Å². The van der Waals surface area contributed by atoms with Crippen molar-refractivity contribution in [1.29, 1.82) is 0 Å². The number of rotatable bonds is 3. The Hall–Kier alpha value is -2.60. The fourth-order valence-electron chi connectivity index (χ4n) is 2.83. The van der Waals surface area contributed by atoms with Crippen LogP contribution in [-0.4, -0.2) is 33.7 Å². The summed E-state index contributed by atoms with van der Waals surface area (Å²) in [4.78, 5) is 13.6. The van der Waals surface area contributed by atoms with E-state index in [9.17, 15) is 4.39 Å². The van der Waals surface area contributed by atoms with Crippen molar-refractivity contribution >= 4 is 16.9 Å². The predicted octanol–water partition coefficient (Wildman–Crippen LogP) is 3.42. The summed E-state index contributed by atoms with van der Waals surface area (Å²) in [6.07, 6.45) is 2.62. The van der Waals surface area contributed by atoms with Gasteiger partial charge in [-0.2, -0.15) is 0 Å². The quantitative estimate of drug-likeness (QED) is 0.800. The van der Waals surface area contributed by atoms with Crippen molar-refractivity contribution < 1.29 is 9.13 Å². The van der Waals surface area contributed by atoms with Gasteiger partial charge >= 0.3 is 0 Å². The molecule has 0 amide bonds. The molecule has 2 aromatic heterocycles. The number of hydrogen-bond donors (Lipinski definition) is 1. The Morgan fingerprint density at radius 3 is 2.75 bits per heavy atom. The second kappa shape index (κ2) is 5.79. The molecule has 3 aromatic rings. The van der Waals surface area contributed by atoms with E-state index in [2.05, 4.69) is 27.2 Å². The van der Waals surface area contributed by atoms with E-state index >= 15 is 0 Å². The molecule has 1 saturated heterocycles. The minimum absolute atomic E-state index is 0.182. The number of nitrogens with one attached hydrogen (secondary N) is 1. The Bertz CT molecular complexity index is 876. The molecule has 1 aromatic carbocycles. The number of nitrogens with zero attached hydrogens (tertiary/aromatic N) is 3. The van der Waals surface area contributed by atoms with Crippen LogP contribution < -0.4 is 5.32 Å². The first-order valence-electron chi connectivity index (χ1n) is 7.88. The molecule has 1 N–H and O–H groups in total. The zero-order valence-electron chi connectivity index (χ0n) is 13.3. The normalized spacial score (nSPS) is 20.4. The SMILES string of the molecule is CC1(Nc2nc(-c3ccc(F)cc3)nc3cccnc23)CCOC1. The fourth-order valence-corrected chi connectivity index (χ4v) is 2.83. The lowest BCUT2D eigenvalue weighted by molar-refractivity contribution is 0.185. The lowest BCUT2D eigenvalue weighted by atomic mass is 10.0. The summed E-state index contributed by atoms with van der Waals surface area (Å²) in [5, 5.41) is 3.47. The zero-order valence-corrected chi connectivity index (χ0v) is 13.3. The van der Waals surface area contributed by atoms with Crippen LogP contribution in [0.15, 0.2) is 42.6 Å². The maximum atomic E-state index is 13.2. The first-order valence-corrected chi connectivity index (χ1v) is 7.88. The molecule has 1 unspecified atom stereocenters. The molecule has 0 saturated carbocycles. The molecular formula is C18H17FN4O. The van der Waals surface area contributed by atoms with E-state index in [0.29, 0.717) is 18.2 Å². The van der Waals surface area contributed by atoms with Crippen molar-refractivity contribution in [3.8, 4) is 11.4 Å². The average Bonchev–Trinajstić information content (AvgIpc) is 3.01. The maximum Gasteiger partial charge on any atom is 0.162 e. The lowest BCUT2D eigenvalue weighted by Crippen LogP contribution is -2.35. The highest BCUT2D eigenvalue weighted by molar-refractivity contribution is 5.87. The first-order chi connectivity index (χ1) is 11.6. The molecule has 122 valence electrons. The number of pyridine rings is 1. The van der Waals surface area contributed by atoms with Gasteiger partial charge in [0.2, 0.25) is 0 Å². The Kier molecular flexibility index (Phi) is 3.61. The molecule has 1 aliphatic rings. The second-order valence-corrected chi connectivity index (χ2v) is 6.26. The van der Waals surface area contributed by atoms with E-state index < -0.39 is 0 Å². The third-order valence-electron chi connectivity index (χ3n) is 4.20. The van der Waals surface area contributed by atoms with E-state index in [1.807, 2.05) is 12.1 Å². The largest absolute Gasteiger partial charge is 0.379 e. The van der Waals surface area contributed by atoms with Gasteiger partial charge in [0.25, 0.3) is 0 Å². The molecule has 5 nitrogen and oxygen atoms in total. The lowest BCUT2D eigenvalue weighted by Gasteiger charge is -2.25. The third-order valence-corrected chi connectivity index (χ3v) is 4.20. The summed E-state index contributed by atoms with van der Waals surface area (Å²) in [6.45, 7) is 3.45. The van der Waals surface area contributed by atoms with E-state index in [1.54, 1.807) is 18.3 Å². The highest BCUT2D eigenvalue weighted by atomic mass is 19.1. The summed E-state index contributed by atoms with van der Waals surface area (Å²) >= 11 is 0. The van der Waals surface area contributed by atoms with Crippen molar-refractivity contribution in [3.05, 3.63) is 48.4 Å². The number of fused-ring (bicyclic) bond motifs is 1. The molecule has 24 heavy (non-hydrogen) atoms. The van der Waals surface area contributed by atoms with Gasteiger partial charge in [-0.15, -0.1) is 0 Å². The highest BCUT2D eigenvalue weighted by Crippen LogP contribution is 2.28. The summed E-state index contributed by atoms with van der Waals surface area (Å²) in [5.41, 5.74) is 2.05. The number of anilines is 1. The Morgan fingerprint density at radius 2 is 2.00 bits per heavy atom. The van der Waals surface area contributed by atoms with Gasteiger partial charge in [-0.3, -0.25) is 4.98 Å². The van der Waals surface area contributed by atoms with Gasteiger partial charge < -0.3 is 10.1 Å². The van der Waals surface area contributed by atoms with E-state index in [0.717, 1.165) is 29.6 Å². The summed E-state index contributed by atoms with van der Waals surface area (Å²) < 4.78 is 18.7. The molecule has 1 fully saturated rings. The Morgan fingerprint density at radius 1 is 1.17 bits per heavy atom. The minimum Gasteiger partial charge on any atom is -0.379 e. The van der Waals surface area contributed by atoms with Gasteiger partial charge in [-0.05, 0) is 49.7 Å². The van der Waals surface area contributed by atoms with Crippen LogP contribution in [0.25, 0.3) is 22.4 Å². The van der Waals surface area contributed by atoms with Crippen molar-refractivity contribution in [2.24, 2.45) is 0 Å². The topological polar surface area (TPSA) is 59.9 Å². The standard InChI is InChI=1S/C18H17FN4O/c1-18(8-10-24-11-18)23-17-15-14(3-2-9-20-15)21-16(22-17)12-4-6-13(19)7-5-12/h2-7,9H,8,10-11H2,1H3,(H,21,22,23). The van der Waals surface area contributed by atoms with E-state index in [-0.39, 0.29) is 11.4 Å². The number of ether oxygens (including phenoxy) is 1. The molecule has 0 radical (unpaired) electrons. The van der Waals surface area contributed by atoms with Gasteiger partial charge in [0.1, 0.15) is 11.3 Å². The van der Waals surface area contributed by atoms with E-state index in [1.165, 1.54) is 12.1 Å². The second-order valence-electron chi connectivity index (χ2n) is 6.26. The smallest absolute Gasteiger partial charge is 0.162 e. The maximum absolute atomic E-state index is 13.2. The van der Waals surface area contributed by atoms with Crippen molar-refractivity contribution in [1.82, 2.24) is 15.0 Å². The molecule has 3 heterocycles. The zero-order chi connectivity index (χ0) is 16.6. The highest BCUT2D eigenvalue weighted by Gasteiger charge is 2.30. The van der Waals surface area contributed by atoms with E-state index in [4.69, 9.17) is 4.74 Å². The van der Waals surface area contributed by atoms with Gasteiger partial charge in [0.15, 0.2) is 11.6 Å². The monoisotopic (exact) mass is 324 g/mol. The molecule has 0 aliphatic carbocycles. The third kappa shape index (κ3) is 2.80. The summed E-state index contributed by atoms with van der Waals surface area (Å²) in [7, 11) is 0. The van der Waals surface area contributed by atoms with Crippen LogP contribution in [0.1, 0.15) is 13.3 Å². The average molecular weight is 324 g/mol. The number of aromatic nitrogens is 3. The van der Waals surface area contributed by atoms with Gasteiger partial charge in [-0.1, -0.05) is 0 Å². The van der Waals surface area contributed by atoms with Gasteiger partial charge in [0, 0.05) is 18.4 Å². The molecule has 0 bridgehead atoms. The number of hydrogen-bond acceptors (Lipinski definition) is 5. The van der Waals surface area contributed by atoms with Crippen LogP contribution in [0.3, 0.4) is 0 Å². The van der Waals surface area contributed by atoms with Crippen LogP contribution in [-0.2, 0) is 4.74 Å². The first kappa shape index (κ1) is 15.0. The molecular weight excluding hydrogens is 307 g/mol. The molecule has 1 aliphatic heterocycles. The van der Waals surface area contributed by atoms with Crippen molar-refractivity contribution in [3.63, 3.8) is 0 Å². The number of benzene rings is 1. The van der Waals surface area contributed by atoms with Crippen LogP contribution >= 0.6 is 0 Å². The minimum atomic E-state index is -0.282. The summed E-state index contributed by atoms with van der Waals surface area (Å²) in [6, 6.07) is 9.91. The van der Waals surface area contributed by atoms with Gasteiger partial charge in [-0.25, -0.2) is 14.4 Å². The number of halogens is 1. The van der Waals surface area contributed by atoms with Crippen LogP contribution in [0.5, 0.6) is 0 Å². The molecule has 4 rings (SSSR count). The fraction of sp³-hybridized carbons (Fsp3) is 0.278. The predicted molar refractivity (Wildman–Crippen MR) is 90.2 cm³/mol. The molecule has 1 atom stereocenters. The van der Waals surface area contributed by atoms with Crippen LogP contribution in [0.2, 0.25) is 0 Å². The Balaban J connectivity index is 1.83.